The normalized spacial score (nSPS) is 13.2. The Morgan fingerprint density at radius 1 is 1.24 bits per heavy atom. The number of aromatic nitrogens is 2. The van der Waals surface area contributed by atoms with Gasteiger partial charge in [0.1, 0.15) is 16.4 Å². The third-order valence-electron chi connectivity index (χ3n) is 6.05. The van der Waals surface area contributed by atoms with E-state index in [-0.39, 0.29) is 36.1 Å². The van der Waals surface area contributed by atoms with Crippen LogP contribution in [-0.2, 0) is 30.7 Å². The Hall–Kier alpha value is -2.91. The predicted molar refractivity (Wildman–Crippen MR) is 132 cm³/mol. The highest BCUT2D eigenvalue weighted by Crippen LogP contribution is 2.35. The fraction of sp³-hybridized carbons (Fsp3) is 0.320. The van der Waals surface area contributed by atoms with E-state index >= 15 is 0 Å². The topological polar surface area (TPSA) is 68.3 Å². The first-order valence-corrected chi connectivity index (χ1v) is 13.0. The van der Waals surface area contributed by atoms with Crippen molar-refractivity contribution in [2.75, 3.05) is 12.8 Å². The van der Waals surface area contributed by atoms with Crippen LogP contribution in [0.5, 0.6) is 0 Å². The van der Waals surface area contributed by atoms with Crippen LogP contribution in [0.15, 0.2) is 57.0 Å². The molecule has 1 aliphatic carbocycles. The molecule has 1 amide bonds. The average molecular weight is 498 g/mol. The standard InChI is InChI=1S/C25H24FN3O3S2/c1-28(13-16-7-2-4-10-19(16)26)21(30)15-33-25-27-23-22(18-9-3-5-11-20(18)34-23)24(31)29(25)14-17-8-6-12-32-17/h2,4,6-8,10,12H,3,5,9,11,13-15H2,1H3. The van der Waals surface area contributed by atoms with E-state index in [2.05, 4.69) is 0 Å². The lowest BCUT2D eigenvalue weighted by atomic mass is 9.97. The lowest BCUT2D eigenvalue weighted by Crippen LogP contribution is -2.29. The average Bonchev–Trinajstić information content (AvgIpc) is 3.48. The van der Waals surface area contributed by atoms with Crippen LogP contribution in [0, 0.1) is 5.82 Å². The van der Waals surface area contributed by atoms with Crippen molar-refractivity contribution in [3.8, 4) is 0 Å². The molecular formula is C25H24FN3O3S2. The third-order valence-corrected chi connectivity index (χ3v) is 8.20. The number of furan rings is 1. The molecule has 1 aromatic carbocycles. The zero-order chi connectivity index (χ0) is 23.7. The van der Waals surface area contributed by atoms with Gasteiger partial charge in [-0.25, -0.2) is 9.37 Å². The molecule has 0 spiro atoms. The van der Waals surface area contributed by atoms with E-state index in [1.807, 2.05) is 6.07 Å². The first kappa shape index (κ1) is 22.9. The van der Waals surface area contributed by atoms with E-state index in [1.165, 1.54) is 27.6 Å². The van der Waals surface area contributed by atoms with Gasteiger partial charge in [0.15, 0.2) is 5.16 Å². The maximum atomic E-state index is 14.0. The van der Waals surface area contributed by atoms with Crippen molar-refractivity contribution in [2.24, 2.45) is 0 Å². The van der Waals surface area contributed by atoms with Crippen molar-refractivity contribution in [2.45, 2.75) is 43.9 Å². The van der Waals surface area contributed by atoms with Gasteiger partial charge in [-0.3, -0.25) is 14.2 Å². The van der Waals surface area contributed by atoms with Gasteiger partial charge in [-0.2, -0.15) is 0 Å². The van der Waals surface area contributed by atoms with Crippen molar-refractivity contribution < 1.29 is 13.6 Å². The second kappa shape index (κ2) is 9.76. The van der Waals surface area contributed by atoms with Crippen LogP contribution in [-0.4, -0.2) is 33.2 Å². The molecule has 0 saturated heterocycles. The number of thioether (sulfide) groups is 1. The summed E-state index contributed by atoms with van der Waals surface area (Å²) in [7, 11) is 1.65. The summed E-state index contributed by atoms with van der Waals surface area (Å²) in [6.07, 6.45) is 5.67. The third kappa shape index (κ3) is 4.54. The summed E-state index contributed by atoms with van der Waals surface area (Å²) >= 11 is 2.82. The molecule has 1 aliphatic rings. The fourth-order valence-corrected chi connectivity index (χ4v) is 6.48. The predicted octanol–water partition coefficient (Wildman–Crippen LogP) is 4.87. The van der Waals surface area contributed by atoms with E-state index in [0.717, 1.165) is 36.1 Å². The lowest BCUT2D eigenvalue weighted by Gasteiger charge is -2.18. The summed E-state index contributed by atoms with van der Waals surface area (Å²) in [6, 6.07) is 10.0. The number of amides is 1. The van der Waals surface area contributed by atoms with Crippen LogP contribution >= 0.6 is 23.1 Å². The van der Waals surface area contributed by atoms with Crippen molar-refractivity contribution in [3.63, 3.8) is 0 Å². The fourth-order valence-electron chi connectivity index (χ4n) is 4.23. The first-order valence-electron chi connectivity index (χ1n) is 11.2. The lowest BCUT2D eigenvalue weighted by molar-refractivity contribution is -0.127. The van der Waals surface area contributed by atoms with Gasteiger partial charge in [0.2, 0.25) is 5.91 Å². The Labute approximate surface area is 204 Å². The van der Waals surface area contributed by atoms with Gasteiger partial charge in [0, 0.05) is 24.0 Å². The summed E-state index contributed by atoms with van der Waals surface area (Å²) < 4.78 is 21.1. The first-order chi connectivity index (χ1) is 16.5. The number of hydrogen-bond donors (Lipinski definition) is 0. The smallest absolute Gasteiger partial charge is 0.263 e. The molecule has 5 rings (SSSR count). The summed E-state index contributed by atoms with van der Waals surface area (Å²) in [6.45, 7) is 0.427. The van der Waals surface area contributed by atoms with Gasteiger partial charge >= 0.3 is 0 Å². The summed E-state index contributed by atoms with van der Waals surface area (Å²) in [5.41, 5.74) is 1.51. The molecule has 9 heteroatoms. The molecular weight excluding hydrogens is 473 g/mol. The number of hydrogen-bond acceptors (Lipinski definition) is 6. The quantitative estimate of drug-likeness (QED) is 0.269. The molecule has 0 unspecified atom stereocenters. The maximum Gasteiger partial charge on any atom is 0.263 e. The van der Waals surface area contributed by atoms with Gasteiger partial charge in [-0.15, -0.1) is 11.3 Å². The summed E-state index contributed by atoms with van der Waals surface area (Å²) in [5, 5.41) is 1.19. The molecule has 34 heavy (non-hydrogen) atoms. The summed E-state index contributed by atoms with van der Waals surface area (Å²) in [4.78, 5) is 34.7. The molecule has 0 bridgehead atoms. The Kier molecular flexibility index (Phi) is 6.56. The van der Waals surface area contributed by atoms with Crippen LogP contribution in [0.3, 0.4) is 0 Å². The number of halogens is 1. The number of benzene rings is 1. The SMILES string of the molecule is CN(Cc1ccccc1F)C(=O)CSc1nc2sc3c(c2c(=O)n1Cc1ccco1)CCCC3. The Bertz CT molecular complexity index is 1390. The van der Waals surface area contributed by atoms with Crippen molar-refractivity contribution >= 4 is 39.2 Å². The van der Waals surface area contributed by atoms with E-state index in [9.17, 15) is 14.0 Å². The zero-order valence-electron chi connectivity index (χ0n) is 18.8. The van der Waals surface area contributed by atoms with Crippen LogP contribution in [0.25, 0.3) is 10.2 Å². The number of rotatable bonds is 7. The Morgan fingerprint density at radius 2 is 2.06 bits per heavy atom. The highest BCUT2D eigenvalue weighted by Gasteiger charge is 2.23. The second-order valence-electron chi connectivity index (χ2n) is 8.39. The maximum absolute atomic E-state index is 14.0. The number of nitrogens with zero attached hydrogens (tertiary/aromatic N) is 3. The van der Waals surface area contributed by atoms with Crippen LogP contribution in [0.4, 0.5) is 4.39 Å². The van der Waals surface area contributed by atoms with Gasteiger partial charge in [0.05, 0.1) is 23.9 Å². The Balaban J connectivity index is 1.43. The van der Waals surface area contributed by atoms with Gasteiger partial charge in [0.25, 0.3) is 5.56 Å². The van der Waals surface area contributed by atoms with E-state index in [0.29, 0.717) is 21.9 Å². The van der Waals surface area contributed by atoms with Crippen LogP contribution in [0.1, 0.15) is 34.6 Å². The molecule has 3 aromatic heterocycles. The highest BCUT2D eigenvalue weighted by molar-refractivity contribution is 7.99. The molecule has 0 saturated carbocycles. The second-order valence-corrected chi connectivity index (χ2v) is 10.4. The molecule has 176 valence electrons. The number of aryl methyl sites for hydroxylation is 2. The molecule has 0 atom stereocenters. The molecule has 0 aliphatic heterocycles. The minimum atomic E-state index is -0.337. The largest absolute Gasteiger partial charge is 0.467 e. The van der Waals surface area contributed by atoms with Gasteiger partial charge < -0.3 is 9.32 Å². The molecule has 3 heterocycles. The molecule has 0 N–H and O–H groups in total. The minimum Gasteiger partial charge on any atom is -0.467 e. The van der Waals surface area contributed by atoms with Crippen LogP contribution < -0.4 is 5.56 Å². The number of carbonyl (C=O) groups excluding carboxylic acids is 1. The molecule has 4 aromatic rings. The van der Waals surface area contributed by atoms with Crippen molar-refractivity contribution in [1.82, 2.24) is 14.5 Å². The van der Waals surface area contributed by atoms with E-state index in [4.69, 9.17) is 9.40 Å². The van der Waals surface area contributed by atoms with Crippen molar-refractivity contribution in [3.05, 3.63) is 80.6 Å². The zero-order valence-corrected chi connectivity index (χ0v) is 20.4. The molecule has 0 fully saturated rings. The van der Waals surface area contributed by atoms with Gasteiger partial charge in [-0.1, -0.05) is 30.0 Å². The molecule has 0 radical (unpaired) electrons. The van der Waals surface area contributed by atoms with Crippen molar-refractivity contribution in [1.29, 1.82) is 0 Å². The van der Waals surface area contributed by atoms with E-state index in [1.54, 1.807) is 53.5 Å². The van der Waals surface area contributed by atoms with Crippen LogP contribution in [0.2, 0.25) is 0 Å². The minimum absolute atomic E-state index is 0.0875. The van der Waals surface area contributed by atoms with Gasteiger partial charge in [-0.05, 0) is 49.4 Å². The highest BCUT2D eigenvalue weighted by atomic mass is 32.2. The Morgan fingerprint density at radius 3 is 2.85 bits per heavy atom. The molecule has 6 nitrogen and oxygen atoms in total. The van der Waals surface area contributed by atoms with E-state index < -0.39 is 0 Å². The number of carbonyl (C=O) groups is 1. The number of fused-ring (bicyclic) bond motifs is 3. The summed E-state index contributed by atoms with van der Waals surface area (Å²) in [5.74, 6) is 0.234. The number of thiophene rings is 1. The monoisotopic (exact) mass is 497 g/mol.